The van der Waals surface area contributed by atoms with E-state index in [4.69, 9.17) is 0 Å². The molecule has 2 aliphatic carbocycles. The standard InChI is InChI=1S/C9H19NO.2C9H17N.C8H17N.2C7H15N.5C2H6/c1-8(2)10-6-4-9(3,11)5-7-10;1-7(2)10-5-8-3-9(4-8)6-10;1-8(2)10-6-9(7-10)4-3-5-9;1-8(2)9-6-4-3-5-7-9;2*1-7(2)8-5-3-4-6-8;5*1-2/h8,11H,4-7H2,1-3H3;7-9H,3-6H2,1-2H3;8H,3-7H2,1-2H3;8H,3-7H2,1-2H3;2*7H,3-6H2,1-2H3;5*1-2H3. The van der Waals surface area contributed by atoms with Crippen molar-refractivity contribution in [1.82, 2.24) is 29.4 Å². The first-order chi connectivity index (χ1) is 31.4. The van der Waals surface area contributed by atoms with Crippen LogP contribution in [-0.4, -0.2) is 155 Å². The molecule has 7 saturated heterocycles. The van der Waals surface area contributed by atoms with Gasteiger partial charge in [0.25, 0.3) is 0 Å². The third kappa shape index (κ3) is 29.8. The number of likely N-dealkylation sites (tertiary alicyclic amines) is 5. The zero-order valence-corrected chi connectivity index (χ0v) is 50.1. The molecule has 7 nitrogen and oxygen atoms in total. The number of piperidine rings is 4. The van der Waals surface area contributed by atoms with E-state index in [1.54, 1.807) is 0 Å². The molecule has 1 N–H and O–H groups in total. The van der Waals surface area contributed by atoms with Crippen molar-refractivity contribution in [2.45, 2.75) is 291 Å². The van der Waals surface area contributed by atoms with Crippen LogP contribution in [0.15, 0.2) is 0 Å². The summed E-state index contributed by atoms with van der Waals surface area (Å²) in [5, 5.41) is 9.65. The minimum atomic E-state index is -0.397. The first-order valence-corrected chi connectivity index (χ1v) is 29.6. The zero-order valence-electron chi connectivity index (χ0n) is 50.1. The molecule has 0 atom stereocenters. The molecule has 0 aromatic rings. The zero-order chi connectivity index (χ0) is 51.5. The molecule has 0 amide bonds. The maximum absolute atomic E-state index is 9.65. The normalized spacial score (nSPS) is 24.1. The molecule has 7 aliphatic heterocycles. The molecular weight excluding hydrogens is 809 g/mol. The molecule has 402 valence electrons. The van der Waals surface area contributed by atoms with Gasteiger partial charge in [0.2, 0.25) is 0 Å². The second kappa shape index (κ2) is 41.3. The first-order valence-electron chi connectivity index (χ1n) is 29.6. The molecule has 0 radical (unpaired) electrons. The fraction of sp³-hybridized carbons (Fsp3) is 1.00. The Bertz CT molecular complexity index is 954. The maximum atomic E-state index is 9.65. The van der Waals surface area contributed by atoms with Crippen LogP contribution in [0.2, 0.25) is 0 Å². The summed E-state index contributed by atoms with van der Waals surface area (Å²) in [6.07, 6.45) is 19.4. The van der Waals surface area contributed by atoms with E-state index in [9.17, 15) is 5.11 Å². The van der Waals surface area contributed by atoms with Gasteiger partial charge in [0, 0.05) is 75.5 Å². The lowest BCUT2D eigenvalue weighted by atomic mass is 9.63. The Kier molecular flexibility index (Phi) is 43.8. The van der Waals surface area contributed by atoms with E-state index in [2.05, 4.69) is 112 Å². The molecule has 66 heavy (non-hydrogen) atoms. The molecule has 0 aromatic carbocycles. The lowest BCUT2D eigenvalue weighted by Gasteiger charge is -2.57. The highest BCUT2D eigenvalue weighted by Gasteiger charge is 2.47. The highest BCUT2D eigenvalue weighted by Crippen LogP contribution is 2.48. The minimum Gasteiger partial charge on any atom is -0.390 e. The summed E-state index contributed by atoms with van der Waals surface area (Å²) in [7, 11) is 0. The number of aliphatic hydroxyl groups is 1. The quantitative estimate of drug-likeness (QED) is 0.284. The van der Waals surface area contributed by atoms with Crippen molar-refractivity contribution in [3.8, 4) is 0 Å². The van der Waals surface area contributed by atoms with E-state index in [1.165, 1.54) is 142 Å². The van der Waals surface area contributed by atoms with Crippen LogP contribution < -0.4 is 0 Å². The Morgan fingerprint density at radius 2 is 0.591 bits per heavy atom. The van der Waals surface area contributed by atoms with Gasteiger partial charge in [-0.15, -0.1) is 0 Å². The molecule has 2 bridgehead atoms. The molecule has 7 heterocycles. The van der Waals surface area contributed by atoms with E-state index < -0.39 is 5.60 Å². The number of rotatable bonds is 6. The summed E-state index contributed by atoms with van der Waals surface area (Å²) >= 11 is 0. The molecule has 7 heteroatoms. The molecule has 2 saturated carbocycles. The maximum Gasteiger partial charge on any atom is 0.0644 e. The van der Waals surface area contributed by atoms with E-state index in [0.717, 1.165) is 73.4 Å². The van der Waals surface area contributed by atoms with Gasteiger partial charge < -0.3 is 29.6 Å². The SMILES string of the molecule is CC.CC.CC.CC.CC.CC(C)N1CC2(CCC2)C1.CC(C)N1CC2CC(C2)C1.CC(C)N1CCC(C)(O)CC1.CC(C)N1CCCC1.CC(C)N1CCCC1.CC(C)N1CCCCC1. The van der Waals surface area contributed by atoms with E-state index in [0.29, 0.717) is 6.04 Å². The van der Waals surface area contributed by atoms with Crippen molar-refractivity contribution in [2.24, 2.45) is 17.3 Å². The van der Waals surface area contributed by atoms with Crippen molar-refractivity contribution >= 4 is 0 Å². The average Bonchev–Trinajstić information content (AvgIpc) is 4.05. The third-order valence-corrected chi connectivity index (χ3v) is 14.7. The Hall–Kier alpha value is -0.280. The third-order valence-electron chi connectivity index (χ3n) is 14.7. The van der Waals surface area contributed by atoms with Crippen molar-refractivity contribution in [3.63, 3.8) is 0 Å². The summed E-state index contributed by atoms with van der Waals surface area (Å²) in [6.45, 7) is 64.8. The molecule has 1 spiro atoms. The average molecular weight is 940 g/mol. The Morgan fingerprint density at radius 1 is 0.333 bits per heavy atom. The molecule has 0 aromatic heterocycles. The van der Waals surface area contributed by atoms with E-state index in [1.807, 2.05) is 76.2 Å². The van der Waals surface area contributed by atoms with Crippen LogP contribution >= 0.6 is 0 Å². The fourth-order valence-corrected chi connectivity index (χ4v) is 9.98. The smallest absolute Gasteiger partial charge is 0.0644 e. The van der Waals surface area contributed by atoms with Crippen LogP contribution in [0.4, 0.5) is 0 Å². The number of hydrogen-bond acceptors (Lipinski definition) is 7. The second-order valence-electron chi connectivity index (χ2n) is 21.6. The van der Waals surface area contributed by atoms with Crippen LogP contribution in [-0.2, 0) is 0 Å². The van der Waals surface area contributed by atoms with Crippen LogP contribution in [0, 0.1) is 17.3 Å². The van der Waals surface area contributed by atoms with Gasteiger partial charge in [-0.1, -0.05) is 82.1 Å². The molecular formula is C59H130N6O. The van der Waals surface area contributed by atoms with Crippen LogP contribution in [0.5, 0.6) is 0 Å². The van der Waals surface area contributed by atoms with Crippen molar-refractivity contribution < 1.29 is 5.11 Å². The van der Waals surface area contributed by atoms with Gasteiger partial charge in [-0.05, 0) is 224 Å². The highest BCUT2D eigenvalue weighted by molar-refractivity contribution is 5.01. The fourth-order valence-electron chi connectivity index (χ4n) is 9.98. The summed E-state index contributed by atoms with van der Waals surface area (Å²) in [5.41, 5.74) is 0.426. The highest BCUT2D eigenvalue weighted by atomic mass is 16.3. The lowest BCUT2D eigenvalue weighted by Crippen LogP contribution is -2.61. The number of nitrogens with zero attached hydrogens (tertiary/aromatic N) is 6. The van der Waals surface area contributed by atoms with Gasteiger partial charge in [-0.2, -0.15) is 0 Å². The number of hydrogen-bond donors (Lipinski definition) is 1. The Balaban J connectivity index is -0.000000696. The van der Waals surface area contributed by atoms with E-state index >= 15 is 0 Å². The van der Waals surface area contributed by atoms with Gasteiger partial charge in [-0.3, -0.25) is 4.90 Å². The van der Waals surface area contributed by atoms with Crippen LogP contribution in [0.3, 0.4) is 0 Å². The molecule has 0 unspecified atom stereocenters. The minimum absolute atomic E-state index is 0.397. The van der Waals surface area contributed by atoms with Crippen molar-refractivity contribution in [3.05, 3.63) is 0 Å². The summed E-state index contributed by atoms with van der Waals surface area (Å²) in [6, 6.07) is 4.52. The predicted octanol–water partition coefficient (Wildman–Crippen LogP) is 14.9. The number of fused-ring (bicyclic) bond motifs is 2. The Morgan fingerprint density at radius 3 is 0.803 bits per heavy atom. The van der Waals surface area contributed by atoms with Gasteiger partial charge in [-0.25, -0.2) is 0 Å². The van der Waals surface area contributed by atoms with Gasteiger partial charge in [0.1, 0.15) is 0 Å². The van der Waals surface area contributed by atoms with Gasteiger partial charge in [0.15, 0.2) is 0 Å². The second-order valence-corrected chi connectivity index (χ2v) is 21.6. The van der Waals surface area contributed by atoms with Crippen LogP contribution in [0.25, 0.3) is 0 Å². The predicted molar refractivity (Wildman–Crippen MR) is 302 cm³/mol. The largest absolute Gasteiger partial charge is 0.390 e. The van der Waals surface area contributed by atoms with Crippen molar-refractivity contribution in [1.29, 1.82) is 0 Å². The summed E-state index contributed by atoms with van der Waals surface area (Å²) in [5.74, 6) is 2.14. The molecule has 9 fully saturated rings. The van der Waals surface area contributed by atoms with Crippen molar-refractivity contribution in [2.75, 3.05) is 78.5 Å². The van der Waals surface area contributed by atoms with Gasteiger partial charge in [0.05, 0.1) is 5.60 Å². The molecule has 9 rings (SSSR count). The topological polar surface area (TPSA) is 39.7 Å². The summed E-state index contributed by atoms with van der Waals surface area (Å²) < 4.78 is 0. The summed E-state index contributed by atoms with van der Waals surface area (Å²) in [4.78, 5) is 15.2. The van der Waals surface area contributed by atoms with Gasteiger partial charge >= 0.3 is 0 Å². The Labute approximate surface area is 419 Å². The molecule has 9 aliphatic rings. The lowest BCUT2D eigenvalue weighted by molar-refractivity contribution is -0.0758. The van der Waals surface area contributed by atoms with Crippen LogP contribution in [0.1, 0.15) is 249 Å². The van der Waals surface area contributed by atoms with E-state index in [-0.39, 0.29) is 0 Å². The monoisotopic (exact) mass is 939 g/mol. The first kappa shape index (κ1) is 70.0.